The number of carbonyl (C=O) groups excluding carboxylic acids is 1. The van der Waals surface area contributed by atoms with Gasteiger partial charge in [-0.15, -0.1) is 0 Å². The van der Waals surface area contributed by atoms with Crippen LogP contribution in [-0.2, 0) is 14.9 Å². The second kappa shape index (κ2) is 10.6. The molecular weight excluding hydrogens is 520 g/mol. The number of phenols is 1. The predicted octanol–water partition coefficient (Wildman–Crippen LogP) is 4.53. The van der Waals surface area contributed by atoms with Crippen molar-refractivity contribution in [1.29, 1.82) is 0 Å². The van der Waals surface area contributed by atoms with E-state index in [9.17, 15) is 33.7 Å². The lowest BCUT2D eigenvalue weighted by atomic mass is 9.71. The summed E-state index contributed by atoms with van der Waals surface area (Å²) in [6.45, 7) is 0.739. The van der Waals surface area contributed by atoms with E-state index in [4.69, 9.17) is 0 Å². The topological polar surface area (TPSA) is 127 Å². The van der Waals surface area contributed by atoms with Gasteiger partial charge < -0.3 is 25.3 Å². The first-order chi connectivity index (χ1) is 18.6. The van der Waals surface area contributed by atoms with E-state index in [0.29, 0.717) is 40.7 Å². The van der Waals surface area contributed by atoms with E-state index in [1.54, 1.807) is 18.2 Å². The zero-order valence-corrected chi connectivity index (χ0v) is 21.9. The Morgan fingerprint density at radius 2 is 1.67 bits per heavy atom. The van der Waals surface area contributed by atoms with Crippen molar-refractivity contribution in [2.75, 3.05) is 6.54 Å². The van der Waals surface area contributed by atoms with Gasteiger partial charge in [0.1, 0.15) is 11.6 Å². The summed E-state index contributed by atoms with van der Waals surface area (Å²) in [6, 6.07) is 16.9. The highest BCUT2D eigenvalue weighted by Crippen LogP contribution is 2.46. The summed E-state index contributed by atoms with van der Waals surface area (Å²) in [5.41, 5.74) is 3.49. The van der Waals surface area contributed by atoms with Crippen molar-refractivity contribution in [3.05, 3.63) is 107 Å². The molecule has 3 aromatic carbocycles. The molecular formula is C30H29FNO6P. The normalized spacial score (nSPS) is 20.2. The summed E-state index contributed by atoms with van der Waals surface area (Å²) in [5.74, 6) is -0.325. The van der Waals surface area contributed by atoms with Gasteiger partial charge in [0.05, 0.1) is 16.9 Å². The number of hydrogen-bond donors (Lipinski definition) is 5. The molecule has 0 amide bonds. The first-order valence-electron chi connectivity index (χ1n) is 12.7. The van der Waals surface area contributed by atoms with Gasteiger partial charge in [-0.1, -0.05) is 48.6 Å². The molecule has 0 aromatic heterocycles. The number of phenolic OH excluding ortho intramolecular Hbond substituents is 1. The number of Topliss-reactive ketones (excluding diaryl/α,β-unsaturated/α-hetero) is 1. The molecule has 0 saturated carbocycles. The Labute approximate surface area is 225 Å². The number of rotatable bonds is 8. The Bertz CT molecular complexity index is 1500. The maximum atomic E-state index is 13.2. The molecule has 5 N–H and O–H groups in total. The molecule has 0 spiro atoms. The van der Waals surface area contributed by atoms with E-state index in [0.717, 1.165) is 18.5 Å². The Hall–Kier alpha value is -3.39. The number of allylic oxidation sites excluding steroid dienone is 2. The Morgan fingerprint density at radius 3 is 2.26 bits per heavy atom. The third-order valence-corrected chi connectivity index (χ3v) is 8.52. The minimum Gasteiger partial charge on any atom is -0.508 e. The minimum atomic E-state index is -4.34. The van der Waals surface area contributed by atoms with E-state index in [2.05, 4.69) is 5.32 Å². The third kappa shape index (κ3) is 5.53. The van der Waals surface area contributed by atoms with Crippen LogP contribution in [-0.4, -0.2) is 32.3 Å². The lowest BCUT2D eigenvalue weighted by Crippen LogP contribution is -2.55. The molecule has 1 heterocycles. The second-order valence-corrected chi connectivity index (χ2v) is 11.6. The smallest absolute Gasteiger partial charge is 0.356 e. The Morgan fingerprint density at radius 1 is 1.00 bits per heavy atom. The fourth-order valence-corrected chi connectivity index (χ4v) is 5.78. The zero-order valence-electron chi connectivity index (χ0n) is 21.0. The van der Waals surface area contributed by atoms with Gasteiger partial charge in [0, 0.05) is 12.0 Å². The quantitative estimate of drug-likeness (QED) is 0.261. The van der Waals surface area contributed by atoms with Crippen molar-refractivity contribution in [2.24, 2.45) is 0 Å². The van der Waals surface area contributed by atoms with Crippen LogP contribution in [0.5, 0.6) is 5.75 Å². The van der Waals surface area contributed by atoms with Gasteiger partial charge >= 0.3 is 7.60 Å². The second-order valence-electron chi connectivity index (χ2n) is 9.97. The first kappa shape index (κ1) is 27.2. The summed E-state index contributed by atoms with van der Waals surface area (Å²) < 4.78 is 24.7. The van der Waals surface area contributed by atoms with Crippen molar-refractivity contribution in [3.8, 4) is 16.9 Å². The fraction of sp³-hybridized carbons (Fsp3) is 0.233. The predicted molar refractivity (Wildman–Crippen MR) is 146 cm³/mol. The molecule has 7 nitrogen and oxygen atoms in total. The summed E-state index contributed by atoms with van der Waals surface area (Å²) in [5, 5.41) is 25.0. The molecule has 1 fully saturated rings. The minimum absolute atomic E-state index is 0.0159. The molecule has 5 rings (SSSR count). The average molecular weight is 550 g/mol. The van der Waals surface area contributed by atoms with Crippen molar-refractivity contribution in [1.82, 2.24) is 5.32 Å². The lowest BCUT2D eigenvalue weighted by molar-refractivity contribution is -0.115. The van der Waals surface area contributed by atoms with E-state index in [1.807, 2.05) is 24.3 Å². The number of ketones is 1. The SMILES string of the molecule is O=C1CC=C([C@]2(c3ccc(-c4ccc(P(=O)(O)O)cc4)cc3O)CCN2)C=C1CC[C@@H](O)c1ccc(F)cc1. The number of carbonyl (C=O) groups is 1. The van der Waals surface area contributed by atoms with E-state index in [1.165, 1.54) is 36.4 Å². The molecule has 2 atom stereocenters. The Balaban J connectivity index is 1.37. The largest absolute Gasteiger partial charge is 0.508 e. The molecule has 0 unspecified atom stereocenters. The molecule has 1 aliphatic carbocycles. The number of aliphatic hydroxyl groups excluding tert-OH is 1. The molecule has 2 aliphatic rings. The van der Waals surface area contributed by atoms with Crippen LogP contribution in [0.3, 0.4) is 0 Å². The first-order valence-corrected chi connectivity index (χ1v) is 14.3. The molecule has 1 aliphatic heterocycles. The highest BCUT2D eigenvalue weighted by Gasteiger charge is 2.43. The molecule has 0 bridgehead atoms. The van der Waals surface area contributed by atoms with Crippen molar-refractivity contribution >= 4 is 18.7 Å². The standard InChI is InChI=1S/C30H29FNO6P/c31-24-8-1-20(2-9-24)27(33)13-6-22-17-23(7-14-28(22)34)30(15-16-32-30)26-12-5-21(18-29(26)35)19-3-10-25(11-4-19)39(36,37)38/h1-5,7-12,17-18,27,32-33,35H,6,13-16H2,(H2,36,37,38)/t27-,30+/m1/s1. The molecule has 1 saturated heterocycles. The fourth-order valence-electron chi connectivity index (χ4n) is 5.24. The van der Waals surface area contributed by atoms with E-state index >= 15 is 0 Å². The summed E-state index contributed by atoms with van der Waals surface area (Å²) in [6.07, 6.45) is 4.53. The van der Waals surface area contributed by atoms with Crippen molar-refractivity contribution in [2.45, 2.75) is 37.3 Å². The van der Waals surface area contributed by atoms with Crippen LogP contribution in [0, 0.1) is 5.82 Å². The van der Waals surface area contributed by atoms with Gasteiger partial charge in [0.25, 0.3) is 0 Å². The maximum absolute atomic E-state index is 13.2. The average Bonchev–Trinajstić information content (AvgIpc) is 2.88. The summed E-state index contributed by atoms with van der Waals surface area (Å²) in [7, 11) is -4.34. The highest BCUT2D eigenvalue weighted by molar-refractivity contribution is 7.60. The number of hydrogen-bond acceptors (Lipinski definition) is 5. The molecule has 0 radical (unpaired) electrons. The molecule has 3 aromatic rings. The van der Waals surface area contributed by atoms with Crippen LogP contribution < -0.4 is 10.6 Å². The highest BCUT2D eigenvalue weighted by atomic mass is 31.2. The van der Waals surface area contributed by atoms with Gasteiger partial charge in [-0.3, -0.25) is 9.36 Å². The third-order valence-electron chi connectivity index (χ3n) is 7.55. The molecule has 202 valence electrons. The summed E-state index contributed by atoms with van der Waals surface area (Å²) >= 11 is 0. The monoisotopic (exact) mass is 549 g/mol. The maximum Gasteiger partial charge on any atom is 0.356 e. The van der Waals surface area contributed by atoms with Crippen LogP contribution in [0.15, 0.2) is 90.0 Å². The van der Waals surface area contributed by atoms with Crippen LogP contribution in [0.2, 0.25) is 0 Å². The van der Waals surface area contributed by atoms with Crippen molar-refractivity contribution < 1.29 is 33.7 Å². The Kier molecular flexibility index (Phi) is 7.42. The lowest BCUT2D eigenvalue weighted by Gasteiger charge is -2.46. The van der Waals surface area contributed by atoms with Gasteiger partial charge in [-0.25, -0.2) is 4.39 Å². The number of benzene rings is 3. The van der Waals surface area contributed by atoms with Gasteiger partial charge in [-0.05, 0) is 84.0 Å². The number of aliphatic hydroxyl groups is 1. The number of nitrogens with one attached hydrogen (secondary N) is 1. The molecule has 9 heteroatoms. The zero-order chi connectivity index (χ0) is 27.8. The number of aromatic hydroxyl groups is 1. The van der Waals surface area contributed by atoms with E-state index in [-0.39, 0.29) is 29.1 Å². The van der Waals surface area contributed by atoms with E-state index < -0.39 is 19.2 Å². The van der Waals surface area contributed by atoms with Gasteiger partial charge in [0.2, 0.25) is 0 Å². The van der Waals surface area contributed by atoms with Crippen LogP contribution >= 0.6 is 7.60 Å². The van der Waals surface area contributed by atoms with Gasteiger partial charge in [-0.2, -0.15) is 0 Å². The van der Waals surface area contributed by atoms with Crippen LogP contribution in [0.4, 0.5) is 4.39 Å². The summed E-state index contributed by atoms with van der Waals surface area (Å²) in [4.78, 5) is 31.4. The van der Waals surface area contributed by atoms with Gasteiger partial charge in [0.15, 0.2) is 5.78 Å². The number of halogens is 1. The van der Waals surface area contributed by atoms with Crippen LogP contribution in [0.25, 0.3) is 11.1 Å². The molecule has 39 heavy (non-hydrogen) atoms. The van der Waals surface area contributed by atoms with Crippen molar-refractivity contribution in [3.63, 3.8) is 0 Å². The van der Waals surface area contributed by atoms with Crippen LogP contribution in [0.1, 0.15) is 42.9 Å².